The molecule has 3 aromatic heterocycles. The molecule has 28 heavy (non-hydrogen) atoms. The van der Waals surface area contributed by atoms with Crippen LogP contribution in [0.5, 0.6) is 0 Å². The summed E-state index contributed by atoms with van der Waals surface area (Å²) in [6.07, 6.45) is 3.58. The molecule has 2 aromatic carbocycles. The van der Waals surface area contributed by atoms with Crippen LogP contribution < -0.4 is 5.46 Å². The van der Waals surface area contributed by atoms with E-state index in [1.54, 1.807) is 12.4 Å². The summed E-state index contributed by atoms with van der Waals surface area (Å²) in [5, 5.41) is 1.11. The Morgan fingerprint density at radius 2 is 1.64 bits per heavy atom. The number of pyridine rings is 2. The molecule has 5 aromatic rings. The molecule has 0 saturated heterocycles. The zero-order valence-corrected chi connectivity index (χ0v) is 17.7. The smallest absolute Gasteiger partial charge is 0.153 e. The zero-order valence-electron chi connectivity index (χ0n) is 15.3. The van der Waals surface area contributed by atoms with Gasteiger partial charge < -0.3 is 9.40 Å². The van der Waals surface area contributed by atoms with Crippen LogP contribution in [-0.4, -0.2) is 17.2 Å². The number of rotatable bonds is 2. The average Bonchev–Trinajstić information content (AvgIpc) is 3.14. The van der Waals surface area contributed by atoms with Crippen LogP contribution in [0.15, 0.2) is 89.6 Å². The monoisotopic (exact) mass is 541 g/mol. The molecule has 5 heteroatoms. The van der Waals surface area contributed by atoms with Crippen molar-refractivity contribution in [1.82, 2.24) is 9.97 Å². The van der Waals surface area contributed by atoms with Crippen molar-refractivity contribution in [1.29, 1.82) is 0 Å². The van der Waals surface area contributed by atoms with Crippen LogP contribution >= 0.6 is 0 Å². The molecule has 0 N–H and O–H groups in total. The van der Waals surface area contributed by atoms with Gasteiger partial charge in [0, 0.05) is 37.9 Å². The molecule has 3 heterocycles. The van der Waals surface area contributed by atoms with Crippen molar-refractivity contribution in [3.05, 3.63) is 91.3 Å². The van der Waals surface area contributed by atoms with Crippen LogP contribution in [0.25, 0.3) is 33.3 Å². The Balaban J connectivity index is 0.000000159. The molecule has 0 amide bonds. The summed E-state index contributed by atoms with van der Waals surface area (Å²) in [6.45, 7) is 2.02. The van der Waals surface area contributed by atoms with E-state index in [1.807, 2.05) is 73.6 Å². The van der Waals surface area contributed by atoms with Gasteiger partial charge in [-0.3, -0.25) is 4.98 Å². The standard InChI is InChI=1S/C12H9BNO.C11H8N.Ir/c1-13-8-4-2-5-9-11(8)12-10(15-9)6-3-7-14-12;1-2-6-10(7-3-1)11-8-4-5-9-12-11;/h2-7H,1H3;1-6,8-9H;/q;-1;. The van der Waals surface area contributed by atoms with Crippen molar-refractivity contribution < 1.29 is 24.5 Å². The number of fused-ring (bicyclic) bond motifs is 3. The third-order valence-electron chi connectivity index (χ3n) is 4.25. The molecule has 138 valence electrons. The topological polar surface area (TPSA) is 38.9 Å². The predicted octanol–water partition coefficient (Wildman–Crippen LogP) is 4.90. The van der Waals surface area contributed by atoms with Gasteiger partial charge in [-0.15, -0.1) is 35.9 Å². The maximum atomic E-state index is 5.71. The third kappa shape index (κ3) is 4.22. The van der Waals surface area contributed by atoms with E-state index in [-0.39, 0.29) is 20.1 Å². The maximum Gasteiger partial charge on any atom is 0.153 e. The first kappa shape index (κ1) is 20.0. The Labute approximate surface area is 178 Å². The van der Waals surface area contributed by atoms with E-state index in [0.29, 0.717) is 0 Å². The molecule has 0 aliphatic heterocycles. The molecule has 3 nitrogen and oxygen atoms in total. The van der Waals surface area contributed by atoms with Crippen molar-refractivity contribution in [2.75, 3.05) is 0 Å². The van der Waals surface area contributed by atoms with E-state index in [1.165, 1.54) is 5.46 Å². The molecular formula is C23H17BIrN2O-. The average molecular weight is 540 g/mol. The molecule has 0 saturated carbocycles. The Kier molecular flexibility index (Phi) is 6.75. The van der Waals surface area contributed by atoms with Gasteiger partial charge >= 0.3 is 0 Å². The van der Waals surface area contributed by atoms with E-state index in [4.69, 9.17) is 4.42 Å². The van der Waals surface area contributed by atoms with Gasteiger partial charge in [-0.05, 0) is 30.0 Å². The molecule has 0 fully saturated rings. The van der Waals surface area contributed by atoms with Crippen LogP contribution in [0.4, 0.5) is 0 Å². The van der Waals surface area contributed by atoms with Crippen molar-refractivity contribution in [3.8, 4) is 11.3 Å². The van der Waals surface area contributed by atoms with Crippen LogP contribution in [0, 0.1) is 6.07 Å². The summed E-state index contributed by atoms with van der Waals surface area (Å²) in [6, 6.07) is 26.7. The van der Waals surface area contributed by atoms with Gasteiger partial charge in [-0.2, -0.15) is 0 Å². The zero-order chi connectivity index (χ0) is 18.5. The predicted molar refractivity (Wildman–Crippen MR) is 111 cm³/mol. The summed E-state index contributed by atoms with van der Waals surface area (Å²) in [5.74, 6) is 0. The molecule has 2 radical (unpaired) electrons. The third-order valence-corrected chi connectivity index (χ3v) is 4.25. The normalized spacial score (nSPS) is 10.0. The SMILES string of the molecule is C[B]c1cccc2oc3cccnc3c12.[Ir].[c-]1ccccc1-c1ccccn1. The molecule has 0 bridgehead atoms. The van der Waals surface area contributed by atoms with Crippen LogP contribution in [0.1, 0.15) is 0 Å². The van der Waals surface area contributed by atoms with Crippen LogP contribution in [0.3, 0.4) is 0 Å². The van der Waals surface area contributed by atoms with E-state index in [9.17, 15) is 0 Å². The van der Waals surface area contributed by atoms with Crippen LogP contribution in [0.2, 0.25) is 6.82 Å². The largest absolute Gasteiger partial charge is 0.454 e. The second-order valence-electron chi connectivity index (χ2n) is 5.95. The molecule has 0 aliphatic rings. The molecule has 0 unspecified atom stereocenters. The number of hydrogen-bond acceptors (Lipinski definition) is 3. The van der Waals surface area contributed by atoms with Gasteiger partial charge in [0.2, 0.25) is 0 Å². The maximum absolute atomic E-state index is 5.71. The molecule has 5 rings (SSSR count). The first-order valence-corrected chi connectivity index (χ1v) is 8.80. The molecule has 0 spiro atoms. The van der Waals surface area contributed by atoms with Crippen molar-refractivity contribution in [2.24, 2.45) is 0 Å². The fraction of sp³-hybridized carbons (Fsp3) is 0.0435. The fourth-order valence-corrected chi connectivity index (χ4v) is 2.98. The van der Waals surface area contributed by atoms with Gasteiger partial charge in [-0.1, -0.05) is 36.6 Å². The second kappa shape index (κ2) is 9.45. The van der Waals surface area contributed by atoms with E-state index in [2.05, 4.69) is 29.4 Å². The minimum absolute atomic E-state index is 0. The van der Waals surface area contributed by atoms with Crippen LogP contribution in [-0.2, 0) is 20.1 Å². The molecular weight excluding hydrogens is 523 g/mol. The van der Waals surface area contributed by atoms with E-state index < -0.39 is 0 Å². The van der Waals surface area contributed by atoms with Gasteiger partial charge in [0.25, 0.3) is 0 Å². The Morgan fingerprint density at radius 1 is 0.821 bits per heavy atom. The summed E-state index contributed by atoms with van der Waals surface area (Å²) in [5.41, 5.74) is 5.88. The van der Waals surface area contributed by atoms with Crippen molar-refractivity contribution in [3.63, 3.8) is 0 Å². The Morgan fingerprint density at radius 3 is 2.39 bits per heavy atom. The summed E-state index contributed by atoms with van der Waals surface area (Å²) in [7, 11) is 2.08. The Hall–Kier alpha value is -2.75. The molecule has 0 aliphatic carbocycles. The fourth-order valence-electron chi connectivity index (χ4n) is 2.98. The minimum Gasteiger partial charge on any atom is -0.454 e. The molecule has 0 atom stereocenters. The second-order valence-corrected chi connectivity index (χ2v) is 5.95. The quantitative estimate of drug-likeness (QED) is 0.236. The number of furan rings is 1. The summed E-state index contributed by atoms with van der Waals surface area (Å²) in [4.78, 5) is 8.58. The first-order valence-electron chi connectivity index (χ1n) is 8.80. The van der Waals surface area contributed by atoms with E-state index >= 15 is 0 Å². The number of nitrogens with zero attached hydrogens (tertiary/aromatic N) is 2. The number of aromatic nitrogens is 2. The van der Waals surface area contributed by atoms with Gasteiger partial charge in [0.1, 0.15) is 18.4 Å². The van der Waals surface area contributed by atoms with Gasteiger partial charge in [0.15, 0.2) is 5.58 Å². The first-order chi connectivity index (χ1) is 13.4. The van der Waals surface area contributed by atoms with Gasteiger partial charge in [-0.25, -0.2) is 0 Å². The van der Waals surface area contributed by atoms with E-state index in [0.717, 1.165) is 33.3 Å². The number of hydrogen-bond donors (Lipinski definition) is 0. The summed E-state index contributed by atoms with van der Waals surface area (Å²) >= 11 is 0. The summed E-state index contributed by atoms with van der Waals surface area (Å²) < 4.78 is 5.71. The number of benzene rings is 2. The Bertz CT molecular complexity index is 1120. The minimum atomic E-state index is 0. The van der Waals surface area contributed by atoms with Gasteiger partial charge in [0.05, 0.1) is 0 Å². The van der Waals surface area contributed by atoms with Crippen molar-refractivity contribution >= 4 is 34.8 Å². The van der Waals surface area contributed by atoms with Crippen molar-refractivity contribution in [2.45, 2.75) is 6.82 Å².